The average Bonchev–Trinajstić information content (AvgIpc) is 3.28. The number of nitrogens with one attached hydrogen (secondary N) is 1. The van der Waals surface area contributed by atoms with Gasteiger partial charge in [0, 0.05) is 52.2 Å². The van der Waals surface area contributed by atoms with Gasteiger partial charge in [0.2, 0.25) is 5.91 Å². The average molecular weight is 515 g/mol. The number of likely N-dealkylation sites (tertiary alicyclic amines) is 1. The van der Waals surface area contributed by atoms with Crippen LogP contribution in [0, 0.1) is 0 Å². The molecule has 1 N–H and O–H groups in total. The van der Waals surface area contributed by atoms with Crippen molar-refractivity contribution >= 4 is 41.5 Å². The van der Waals surface area contributed by atoms with Crippen molar-refractivity contribution in [3.8, 4) is 5.75 Å². The normalized spacial score (nSPS) is 17.2. The lowest BCUT2D eigenvalue weighted by molar-refractivity contribution is -0.129. The number of carbonyl (C=O) groups excluding carboxylic acids is 1. The highest BCUT2D eigenvalue weighted by molar-refractivity contribution is 14.0. The van der Waals surface area contributed by atoms with Crippen LogP contribution in [0.3, 0.4) is 0 Å². The molecule has 1 aromatic carbocycles. The number of amides is 1. The van der Waals surface area contributed by atoms with Crippen LogP contribution in [-0.4, -0.2) is 81.1 Å². The smallest absolute Gasteiger partial charge is 0.224 e. The Morgan fingerprint density at radius 3 is 2.41 bits per heavy atom. The van der Waals surface area contributed by atoms with Gasteiger partial charge in [-0.15, -0.1) is 24.0 Å². The summed E-state index contributed by atoms with van der Waals surface area (Å²) in [5.41, 5.74) is 1.14. The van der Waals surface area contributed by atoms with Gasteiger partial charge in [-0.05, 0) is 31.9 Å². The number of ether oxygens (including phenoxy) is 1. The minimum Gasteiger partial charge on any atom is -0.495 e. The van der Waals surface area contributed by atoms with Crippen LogP contribution in [0.4, 0.5) is 5.69 Å². The van der Waals surface area contributed by atoms with Crippen molar-refractivity contribution in [2.24, 2.45) is 4.99 Å². The molecule has 0 atom stereocenters. The fourth-order valence-corrected chi connectivity index (χ4v) is 3.86. The van der Waals surface area contributed by atoms with E-state index < -0.39 is 0 Å². The van der Waals surface area contributed by atoms with Crippen molar-refractivity contribution in [1.82, 2.24) is 15.1 Å². The molecule has 7 nitrogen and oxygen atoms in total. The van der Waals surface area contributed by atoms with Crippen LogP contribution in [0.15, 0.2) is 29.3 Å². The van der Waals surface area contributed by atoms with Gasteiger partial charge in [-0.25, -0.2) is 0 Å². The van der Waals surface area contributed by atoms with Crippen molar-refractivity contribution in [1.29, 1.82) is 0 Å². The van der Waals surface area contributed by atoms with E-state index >= 15 is 0 Å². The van der Waals surface area contributed by atoms with Crippen LogP contribution in [0.2, 0.25) is 0 Å². The zero-order valence-electron chi connectivity index (χ0n) is 17.6. The molecule has 0 unspecified atom stereocenters. The fraction of sp³-hybridized carbons (Fsp3) is 0.619. The molecule has 2 aliphatic rings. The molecule has 2 fully saturated rings. The maximum Gasteiger partial charge on any atom is 0.224 e. The van der Waals surface area contributed by atoms with Gasteiger partial charge >= 0.3 is 0 Å². The summed E-state index contributed by atoms with van der Waals surface area (Å²) in [4.78, 5) is 23.6. The first kappa shape index (κ1) is 23.6. The molecule has 162 valence electrons. The Labute approximate surface area is 191 Å². The predicted octanol–water partition coefficient (Wildman–Crippen LogP) is 2.41. The summed E-state index contributed by atoms with van der Waals surface area (Å²) in [6, 6.07) is 8.16. The van der Waals surface area contributed by atoms with E-state index in [1.165, 1.54) is 0 Å². The third-order valence-corrected chi connectivity index (χ3v) is 5.39. The predicted molar refractivity (Wildman–Crippen MR) is 129 cm³/mol. The Bertz CT molecular complexity index is 671. The van der Waals surface area contributed by atoms with Gasteiger partial charge in [-0.2, -0.15) is 0 Å². The highest BCUT2D eigenvalue weighted by atomic mass is 127. The first-order valence-electron chi connectivity index (χ1n) is 10.4. The van der Waals surface area contributed by atoms with Crippen LogP contribution < -0.4 is 15.0 Å². The molecule has 2 heterocycles. The quantitative estimate of drug-likeness (QED) is 0.359. The Morgan fingerprint density at radius 1 is 1.07 bits per heavy atom. The number of guanidine groups is 1. The van der Waals surface area contributed by atoms with Gasteiger partial charge < -0.3 is 24.8 Å². The first-order valence-corrected chi connectivity index (χ1v) is 10.4. The van der Waals surface area contributed by atoms with Crippen molar-refractivity contribution in [2.45, 2.75) is 26.2 Å². The van der Waals surface area contributed by atoms with E-state index in [4.69, 9.17) is 9.73 Å². The summed E-state index contributed by atoms with van der Waals surface area (Å²) < 4.78 is 5.50. The van der Waals surface area contributed by atoms with E-state index in [0.717, 1.165) is 76.1 Å². The van der Waals surface area contributed by atoms with Gasteiger partial charge in [0.05, 0.1) is 19.3 Å². The number of nitrogens with zero attached hydrogens (tertiary/aromatic N) is 4. The maximum atomic E-state index is 12.2. The van der Waals surface area contributed by atoms with Gasteiger partial charge in [-0.1, -0.05) is 12.1 Å². The second-order valence-electron chi connectivity index (χ2n) is 7.22. The monoisotopic (exact) mass is 515 g/mol. The van der Waals surface area contributed by atoms with Crippen molar-refractivity contribution < 1.29 is 9.53 Å². The number of hydrogen-bond acceptors (Lipinski definition) is 4. The van der Waals surface area contributed by atoms with Crippen LogP contribution in [-0.2, 0) is 4.79 Å². The van der Waals surface area contributed by atoms with Crippen molar-refractivity contribution in [3.05, 3.63) is 24.3 Å². The number of hydrogen-bond donors (Lipinski definition) is 1. The molecule has 0 aliphatic carbocycles. The molecule has 1 amide bonds. The Hall–Kier alpha value is -1.71. The van der Waals surface area contributed by atoms with Crippen LogP contribution in [0.5, 0.6) is 5.75 Å². The van der Waals surface area contributed by atoms with Gasteiger partial charge in [0.25, 0.3) is 0 Å². The zero-order valence-corrected chi connectivity index (χ0v) is 19.9. The lowest BCUT2D eigenvalue weighted by atomic mass is 10.2. The zero-order chi connectivity index (χ0) is 19.8. The standard InChI is InChI=1S/C21H33N5O2.HI/c1-3-22-21(23-11-10-20(27)25-12-6-7-13-25)26-16-14-24(15-17-26)18-8-4-5-9-19(18)28-2;/h4-5,8-9H,3,6-7,10-17H2,1-2H3,(H,22,23);1H. The van der Waals surface area contributed by atoms with Gasteiger partial charge in [-0.3, -0.25) is 9.79 Å². The number of benzene rings is 1. The lowest BCUT2D eigenvalue weighted by Gasteiger charge is -2.38. The summed E-state index contributed by atoms with van der Waals surface area (Å²) in [5, 5.41) is 3.38. The summed E-state index contributed by atoms with van der Waals surface area (Å²) >= 11 is 0. The Balaban J connectivity index is 0.00000300. The van der Waals surface area contributed by atoms with Gasteiger partial charge in [0.1, 0.15) is 5.75 Å². The number of para-hydroxylation sites is 2. The third kappa shape index (κ3) is 6.38. The molecule has 0 aromatic heterocycles. The molecule has 2 saturated heterocycles. The largest absolute Gasteiger partial charge is 0.495 e. The molecule has 0 saturated carbocycles. The molecule has 2 aliphatic heterocycles. The van der Waals surface area contributed by atoms with E-state index in [1.54, 1.807) is 7.11 Å². The number of halogens is 1. The Morgan fingerprint density at radius 2 is 1.76 bits per heavy atom. The number of piperazine rings is 1. The summed E-state index contributed by atoms with van der Waals surface area (Å²) in [6.07, 6.45) is 2.76. The lowest BCUT2D eigenvalue weighted by Crippen LogP contribution is -2.52. The van der Waals surface area contributed by atoms with Crippen LogP contribution in [0.25, 0.3) is 0 Å². The SMILES string of the molecule is CCNC(=NCCC(=O)N1CCCC1)N1CCN(c2ccccc2OC)CC1.I. The summed E-state index contributed by atoms with van der Waals surface area (Å²) in [5.74, 6) is 2.06. The number of anilines is 1. The molecule has 0 radical (unpaired) electrons. The second-order valence-corrected chi connectivity index (χ2v) is 7.22. The van der Waals surface area contributed by atoms with Crippen molar-refractivity contribution in [3.63, 3.8) is 0 Å². The molecule has 1 aromatic rings. The third-order valence-electron chi connectivity index (χ3n) is 5.39. The summed E-state index contributed by atoms with van der Waals surface area (Å²) in [7, 11) is 1.72. The molecule has 29 heavy (non-hydrogen) atoms. The van der Waals surface area contributed by atoms with E-state index in [1.807, 2.05) is 23.1 Å². The van der Waals surface area contributed by atoms with E-state index in [9.17, 15) is 4.79 Å². The second kappa shape index (κ2) is 12.1. The minimum absolute atomic E-state index is 0. The van der Waals surface area contributed by atoms with E-state index in [2.05, 4.69) is 28.1 Å². The van der Waals surface area contributed by atoms with Crippen LogP contribution in [0.1, 0.15) is 26.2 Å². The highest BCUT2D eigenvalue weighted by Gasteiger charge is 2.22. The molecule has 0 bridgehead atoms. The summed E-state index contributed by atoms with van der Waals surface area (Å²) in [6.45, 7) is 8.88. The molecular formula is C21H34IN5O2. The Kier molecular flexibility index (Phi) is 9.83. The van der Waals surface area contributed by atoms with E-state index in [0.29, 0.717) is 13.0 Å². The minimum atomic E-state index is 0. The van der Waals surface area contributed by atoms with E-state index in [-0.39, 0.29) is 29.9 Å². The first-order chi connectivity index (χ1) is 13.7. The van der Waals surface area contributed by atoms with Crippen LogP contribution >= 0.6 is 24.0 Å². The van der Waals surface area contributed by atoms with Gasteiger partial charge in [0.15, 0.2) is 5.96 Å². The molecule has 0 spiro atoms. The molecule has 8 heteroatoms. The fourth-order valence-electron chi connectivity index (χ4n) is 3.86. The number of aliphatic imine (C=N–C) groups is 1. The molecular weight excluding hydrogens is 481 g/mol. The topological polar surface area (TPSA) is 60.4 Å². The number of rotatable bonds is 6. The molecule has 3 rings (SSSR count). The van der Waals surface area contributed by atoms with Crippen molar-refractivity contribution in [2.75, 3.05) is 64.4 Å². The maximum absolute atomic E-state index is 12.2. The number of carbonyl (C=O) groups is 1. The number of methoxy groups -OCH3 is 1. The highest BCUT2D eigenvalue weighted by Crippen LogP contribution is 2.28.